The standard InChI is InChI=1S/C16H20N2OS2/c1-11(2)12-3-5-13(6-4-12)16-18-14(10-21-16)9-20-8-7-15(17)19/h3-6,10-11H,7-9H2,1-2H3,(H2,17,19). The normalized spacial score (nSPS) is 11.0. The largest absolute Gasteiger partial charge is 0.370 e. The Kier molecular flexibility index (Phi) is 5.82. The molecule has 2 rings (SSSR count). The molecule has 0 aliphatic rings. The van der Waals surface area contributed by atoms with Crippen molar-refractivity contribution in [2.24, 2.45) is 5.73 Å². The number of aromatic nitrogens is 1. The number of carbonyl (C=O) groups is 1. The fourth-order valence-corrected chi connectivity index (χ4v) is 3.64. The van der Waals surface area contributed by atoms with Crippen molar-refractivity contribution in [3.63, 3.8) is 0 Å². The molecule has 0 spiro atoms. The summed E-state index contributed by atoms with van der Waals surface area (Å²) in [5.41, 5.74) is 8.70. The molecule has 0 saturated carbocycles. The van der Waals surface area contributed by atoms with Gasteiger partial charge in [0.2, 0.25) is 5.91 Å². The van der Waals surface area contributed by atoms with Gasteiger partial charge in [0.15, 0.2) is 0 Å². The van der Waals surface area contributed by atoms with Gasteiger partial charge in [-0.2, -0.15) is 11.8 Å². The lowest BCUT2D eigenvalue weighted by Gasteiger charge is -2.05. The zero-order valence-electron chi connectivity index (χ0n) is 12.3. The molecule has 3 nitrogen and oxygen atoms in total. The highest BCUT2D eigenvalue weighted by Gasteiger charge is 2.06. The lowest BCUT2D eigenvalue weighted by atomic mass is 10.0. The van der Waals surface area contributed by atoms with Gasteiger partial charge in [0, 0.05) is 28.9 Å². The number of benzene rings is 1. The summed E-state index contributed by atoms with van der Waals surface area (Å²) in [6, 6.07) is 8.61. The number of nitrogens with two attached hydrogens (primary N) is 1. The average Bonchev–Trinajstić information content (AvgIpc) is 2.92. The molecule has 112 valence electrons. The minimum absolute atomic E-state index is 0.244. The van der Waals surface area contributed by atoms with Gasteiger partial charge in [-0.05, 0) is 11.5 Å². The van der Waals surface area contributed by atoms with Gasteiger partial charge < -0.3 is 5.73 Å². The van der Waals surface area contributed by atoms with Crippen molar-refractivity contribution >= 4 is 29.0 Å². The summed E-state index contributed by atoms with van der Waals surface area (Å²) in [5.74, 6) is 1.89. The van der Waals surface area contributed by atoms with Crippen LogP contribution in [0.5, 0.6) is 0 Å². The van der Waals surface area contributed by atoms with E-state index in [1.807, 2.05) is 0 Å². The fraction of sp³-hybridized carbons (Fsp3) is 0.375. The van der Waals surface area contributed by atoms with E-state index in [4.69, 9.17) is 5.73 Å². The van der Waals surface area contributed by atoms with E-state index < -0.39 is 0 Å². The minimum Gasteiger partial charge on any atom is -0.370 e. The number of rotatable bonds is 7. The first-order valence-corrected chi connectivity index (χ1v) is 9.00. The third kappa shape index (κ3) is 4.86. The fourth-order valence-electron chi connectivity index (χ4n) is 1.87. The molecule has 5 heteroatoms. The number of nitrogens with zero attached hydrogens (tertiary/aromatic N) is 1. The number of hydrogen-bond donors (Lipinski definition) is 1. The van der Waals surface area contributed by atoms with E-state index in [-0.39, 0.29) is 5.91 Å². The number of thioether (sulfide) groups is 1. The Morgan fingerprint density at radius 2 is 2.05 bits per heavy atom. The second-order valence-corrected chi connectivity index (χ2v) is 7.15. The van der Waals surface area contributed by atoms with Gasteiger partial charge in [0.25, 0.3) is 0 Å². The van der Waals surface area contributed by atoms with Gasteiger partial charge in [0.05, 0.1) is 5.69 Å². The SMILES string of the molecule is CC(C)c1ccc(-c2nc(CSCCC(N)=O)cs2)cc1. The molecule has 0 unspecified atom stereocenters. The van der Waals surface area contributed by atoms with Crippen molar-refractivity contribution < 1.29 is 4.79 Å². The van der Waals surface area contributed by atoms with Crippen LogP contribution in [0.25, 0.3) is 10.6 Å². The third-order valence-corrected chi connectivity index (χ3v) is 5.05. The first-order chi connectivity index (χ1) is 10.1. The molecule has 1 aromatic carbocycles. The molecular formula is C16H20N2OS2. The van der Waals surface area contributed by atoms with Crippen LogP contribution in [0.3, 0.4) is 0 Å². The minimum atomic E-state index is -0.244. The average molecular weight is 320 g/mol. The van der Waals surface area contributed by atoms with Gasteiger partial charge in [-0.3, -0.25) is 4.79 Å². The molecule has 21 heavy (non-hydrogen) atoms. The van der Waals surface area contributed by atoms with Crippen LogP contribution in [0, 0.1) is 0 Å². The maximum Gasteiger partial charge on any atom is 0.218 e. The topological polar surface area (TPSA) is 56.0 Å². The lowest BCUT2D eigenvalue weighted by Crippen LogP contribution is -2.10. The van der Waals surface area contributed by atoms with E-state index in [1.165, 1.54) is 5.56 Å². The predicted octanol–water partition coefficient (Wildman–Crippen LogP) is 4.04. The molecule has 1 amide bonds. The van der Waals surface area contributed by atoms with Crippen LogP contribution in [0.4, 0.5) is 0 Å². The summed E-state index contributed by atoms with van der Waals surface area (Å²) in [5, 5.41) is 3.14. The molecule has 0 saturated heterocycles. The Balaban J connectivity index is 1.94. The third-order valence-electron chi connectivity index (χ3n) is 3.12. The van der Waals surface area contributed by atoms with Crippen molar-refractivity contribution in [1.29, 1.82) is 0 Å². The quantitative estimate of drug-likeness (QED) is 0.783. The van der Waals surface area contributed by atoms with Gasteiger partial charge in [-0.15, -0.1) is 11.3 Å². The summed E-state index contributed by atoms with van der Waals surface area (Å²) in [4.78, 5) is 15.3. The van der Waals surface area contributed by atoms with Crippen LogP contribution in [0.1, 0.15) is 37.4 Å². The molecular weight excluding hydrogens is 300 g/mol. The van der Waals surface area contributed by atoms with Gasteiger partial charge in [-0.1, -0.05) is 38.1 Å². The zero-order chi connectivity index (χ0) is 15.2. The highest BCUT2D eigenvalue weighted by atomic mass is 32.2. The smallest absolute Gasteiger partial charge is 0.218 e. The lowest BCUT2D eigenvalue weighted by molar-refractivity contribution is -0.117. The molecule has 0 radical (unpaired) electrons. The zero-order valence-corrected chi connectivity index (χ0v) is 14.0. The van der Waals surface area contributed by atoms with Crippen LogP contribution in [-0.2, 0) is 10.5 Å². The van der Waals surface area contributed by atoms with Gasteiger partial charge in [-0.25, -0.2) is 4.98 Å². The summed E-state index contributed by atoms with van der Waals surface area (Å²) in [6.45, 7) is 4.39. The van der Waals surface area contributed by atoms with E-state index in [9.17, 15) is 4.79 Å². The Morgan fingerprint density at radius 1 is 1.33 bits per heavy atom. The number of hydrogen-bond acceptors (Lipinski definition) is 4. The van der Waals surface area contributed by atoms with Crippen molar-refractivity contribution in [3.8, 4) is 10.6 Å². The number of amides is 1. The summed E-state index contributed by atoms with van der Waals surface area (Å²) >= 11 is 3.36. The summed E-state index contributed by atoms with van der Waals surface area (Å²) < 4.78 is 0. The van der Waals surface area contributed by atoms with E-state index in [0.29, 0.717) is 12.3 Å². The number of carbonyl (C=O) groups excluding carboxylic acids is 1. The monoisotopic (exact) mass is 320 g/mol. The number of primary amides is 1. The van der Waals surface area contributed by atoms with Crippen LogP contribution in [-0.4, -0.2) is 16.6 Å². The molecule has 0 fully saturated rings. The summed E-state index contributed by atoms with van der Waals surface area (Å²) in [6.07, 6.45) is 0.429. The molecule has 1 heterocycles. The first-order valence-electron chi connectivity index (χ1n) is 6.97. The Morgan fingerprint density at radius 3 is 2.67 bits per heavy atom. The van der Waals surface area contributed by atoms with Crippen LogP contribution in [0.2, 0.25) is 0 Å². The van der Waals surface area contributed by atoms with Crippen molar-refractivity contribution in [1.82, 2.24) is 4.98 Å². The van der Waals surface area contributed by atoms with Crippen molar-refractivity contribution in [3.05, 3.63) is 40.9 Å². The maximum atomic E-state index is 10.7. The van der Waals surface area contributed by atoms with Gasteiger partial charge in [0.1, 0.15) is 5.01 Å². The van der Waals surface area contributed by atoms with E-state index in [0.717, 1.165) is 27.8 Å². The summed E-state index contributed by atoms with van der Waals surface area (Å²) in [7, 11) is 0. The Hall–Kier alpha value is -1.33. The molecule has 0 aliphatic carbocycles. The second kappa shape index (κ2) is 7.61. The molecule has 1 aromatic heterocycles. The van der Waals surface area contributed by atoms with Gasteiger partial charge >= 0.3 is 0 Å². The Labute approximate surface area is 134 Å². The highest BCUT2D eigenvalue weighted by molar-refractivity contribution is 7.98. The van der Waals surface area contributed by atoms with Crippen molar-refractivity contribution in [2.75, 3.05) is 5.75 Å². The maximum absolute atomic E-state index is 10.7. The van der Waals surface area contributed by atoms with Crippen molar-refractivity contribution in [2.45, 2.75) is 31.9 Å². The molecule has 0 bridgehead atoms. The Bertz CT molecular complexity index is 591. The number of thiazole rings is 1. The predicted molar refractivity (Wildman–Crippen MR) is 91.6 cm³/mol. The second-order valence-electron chi connectivity index (χ2n) is 5.19. The van der Waals surface area contributed by atoms with E-state index >= 15 is 0 Å². The van der Waals surface area contributed by atoms with E-state index in [1.54, 1.807) is 23.1 Å². The molecule has 0 aliphatic heterocycles. The molecule has 2 aromatic rings. The first kappa shape index (κ1) is 16.0. The molecule has 0 atom stereocenters. The molecule has 2 N–H and O–H groups in total. The van der Waals surface area contributed by atoms with E-state index in [2.05, 4.69) is 48.5 Å². The van der Waals surface area contributed by atoms with Crippen LogP contribution < -0.4 is 5.73 Å². The van der Waals surface area contributed by atoms with Crippen LogP contribution >= 0.6 is 23.1 Å². The highest BCUT2D eigenvalue weighted by Crippen LogP contribution is 2.27. The van der Waals surface area contributed by atoms with Crippen LogP contribution in [0.15, 0.2) is 29.6 Å².